The van der Waals surface area contributed by atoms with E-state index in [4.69, 9.17) is 0 Å². The van der Waals surface area contributed by atoms with E-state index in [-0.39, 0.29) is 4.90 Å². The topological polar surface area (TPSA) is 62.3 Å². The van der Waals surface area contributed by atoms with Gasteiger partial charge in [-0.15, -0.1) is 0 Å². The van der Waals surface area contributed by atoms with Crippen LogP contribution in [0.2, 0.25) is 0 Å². The van der Waals surface area contributed by atoms with Gasteiger partial charge in [-0.1, -0.05) is 19.8 Å². The van der Waals surface area contributed by atoms with Crippen molar-refractivity contribution in [2.45, 2.75) is 38.0 Å². The molecule has 1 N–H and O–H groups in total. The van der Waals surface area contributed by atoms with Crippen LogP contribution in [0.15, 0.2) is 23.2 Å². The van der Waals surface area contributed by atoms with Crippen LogP contribution in [0.1, 0.15) is 33.1 Å². The summed E-state index contributed by atoms with van der Waals surface area (Å²) in [5, 5.41) is 3.02. The lowest BCUT2D eigenvalue weighted by molar-refractivity contribution is 0.454. The molecule has 1 rings (SSSR count). The summed E-state index contributed by atoms with van der Waals surface area (Å²) in [5.41, 5.74) is 0. The third-order valence-electron chi connectivity index (χ3n) is 2.87. The molecule has 0 bridgehead atoms. The SMILES string of the molecule is CCCCCN(C)S(=O)(=O)c1ccnc(NCC)c1. The predicted molar refractivity (Wildman–Crippen MR) is 77.7 cm³/mol. The van der Waals surface area contributed by atoms with Gasteiger partial charge in [0.1, 0.15) is 5.82 Å². The van der Waals surface area contributed by atoms with Crippen molar-refractivity contribution < 1.29 is 8.42 Å². The van der Waals surface area contributed by atoms with E-state index in [1.54, 1.807) is 13.1 Å². The number of anilines is 1. The molecule has 0 amide bonds. The number of sulfonamides is 1. The fourth-order valence-corrected chi connectivity index (χ4v) is 2.96. The summed E-state index contributed by atoms with van der Waals surface area (Å²) in [6.45, 7) is 5.30. The van der Waals surface area contributed by atoms with Crippen LogP contribution < -0.4 is 5.32 Å². The Labute approximate surface area is 116 Å². The molecule has 0 aliphatic carbocycles. The maximum Gasteiger partial charge on any atom is 0.243 e. The molecule has 0 radical (unpaired) electrons. The zero-order valence-electron chi connectivity index (χ0n) is 11.9. The number of unbranched alkanes of at least 4 members (excludes halogenated alkanes) is 2. The summed E-state index contributed by atoms with van der Waals surface area (Å²) < 4.78 is 26.1. The maximum atomic E-state index is 12.4. The standard InChI is InChI=1S/C13H23N3O2S/c1-4-6-7-10-16(3)19(17,18)12-8-9-15-13(11-12)14-5-2/h8-9,11H,4-7,10H2,1-3H3,(H,14,15). The van der Waals surface area contributed by atoms with E-state index in [1.165, 1.54) is 16.6 Å². The Bertz CT molecular complexity index is 488. The van der Waals surface area contributed by atoms with E-state index in [0.29, 0.717) is 18.9 Å². The number of rotatable bonds is 8. The monoisotopic (exact) mass is 285 g/mol. The van der Waals surface area contributed by atoms with Crippen molar-refractivity contribution in [1.82, 2.24) is 9.29 Å². The zero-order valence-corrected chi connectivity index (χ0v) is 12.7. The van der Waals surface area contributed by atoms with Crippen molar-refractivity contribution in [1.29, 1.82) is 0 Å². The normalized spacial score (nSPS) is 11.8. The predicted octanol–water partition coefficient (Wildman–Crippen LogP) is 2.32. The summed E-state index contributed by atoms with van der Waals surface area (Å²) >= 11 is 0. The minimum Gasteiger partial charge on any atom is -0.370 e. The largest absolute Gasteiger partial charge is 0.370 e. The van der Waals surface area contributed by atoms with E-state index in [0.717, 1.165) is 19.3 Å². The van der Waals surface area contributed by atoms with Crippen molar-refractivity contribution in [3.05, 3.63) is 18.3 Å². The molecule has 0 saturated carbocycles. The molecule has 0 saturated heterocycles. The summed E-state index contributed by atoms with van der Waals surface area (Å²) in [7, 11) is -1.78. The third kappa shape index (κ3) is 4.47. The Morgan fingerprint density at radius 3 is 2.68 bits per heavy atom. The lowest BCUT2D eigenvalue weighted by Gasteiger charge is -2.17. The second-order valence-electron chi connectivity index (χ2n) is 4.44. The molecule has 0 aliphatic heterocycles. The highest BCUT2D eigenvalue weighted by Crippen LogP contribution is 2.17. The van der Waals surface area contributed by atoms with Crippen LogP contribution in [0.4, 0.5) is 5.82 Å². The molecular formula is C13H23N3O2S. The Hall–Kier alpha value is -1.14. The van der Waals surface area contributed by atoms with E-state index in [2.05, 4.69) is 17.2 Å². The number of pyridine rings is 1. The van der Waals surface area contributed by atoms with Gasteiger partial charge < -0.3 is 5.32 Å². The van der Waals surface area contributed by atoms with Gasteiger partial charge >= 0.3 is 0 Å². The lowest BCUT2D eigenvalue weighted by atomic mass is 10.2. The highest BCUT2D eigenvalue weighted by molar-refractivity contribution is 7.89. The first kappa shape index (κ1) is 15.9. The van der Waals surface area contributed by atoms with E-state index in [9.17, 15) is 8.42 Å². The summed E-state index contributed by atoms with van der Waals surface area (Å²) in [6, 6.07) is 3.11. The quantitative estimate of drug-likeness (QED) is 0.745. The summed E-state index contributed by atoms with van der Waals surface area (Å²) in [6.07, 6.45) is 4.52. The fourth-order valence-electron chi connectivity index (χ4n) is 1.73. The highest BCUT2D eigenvalue weighted by atomic mass is 32.2. The number of aromatic nitrogens is 1. The minimum atomic E-state index is -3.41. The summed E-state index contributed by atoms with van der Waals surface area (Å²) in [4.78, 5) is 4.37. The molecule has 0 fully saturated rings. The van der Waals surface area contributed by atoms with Gasteiger partial charge in [0.2, 0.25) is 10.0 Å². The summed E-state index contributed by atoms with van der Waals surface area (Å²) in [5.74, 6) is 0.588. The average molecular weight is 285 g/mol. The van der Waals surface area contributed by atoms with Gasteiger partial charge in [-0.2, -0.15) is 0 Å². The van der Waals surface area contributed by atoms with Gasteiger partial charge in [0, 0.05) is 32.4 Å². The van der Waals surface area contributed by atoms with Gasteiger partial charge in [-0.3, -0.25) is 0 Å². The average Bonchev–Trinajstić information content (AvgIpc) is 2.39. The maximum absolute atomic E-state index is 12.4. The third-order valence-corrected chi connectivity index (χ3v) is 4.73. The Kier molecular flexibility index (Phi) is 6.24. The molecule has 5 nitrogen and oxygen atoms in total. The van der Waals surface area contributed by atoms with Gasteiger partial charge in [0.25, 0.3) is 0 Å². The molecule has 108 valence electrons. The van der Waals surface area contributed by atoms with Crippen LogP contribution in [-0.4, -0.2) is 37.8 Å². The second kappa shape index (κ2) is 7.45. The smallest absolute Gasteiger partial charge is 0.243 e. The first-order chi connectivity index (χ1) is 9.02. The Morgan fingerprint density at radius 2 is 2.05 bits per heavy atom. The van der Waals surface area contributed by atoms with Gasteiger partial charge in [0.15, 0.2) is 0 Å². The zero-order chi connectivity index (χ0) is 14.3. The molecule has 1 aromatic rings. The molecular weight excluding hydrogens is 262 g/mol. The molecule has 19 heavy (non-hydrogen) atoms. The molecule has 0 aliphatic rings. The van der Waals surface area contributed by atoms with Crippen molar-refractivity contribution in [3.8, 4) is 0 Å². The van der Waals surface area contributed by atoms with Crippen molar-refractivity contribution in [2.75, 3.05) is 25.5 Å². The Morgan fingerprint density at radius 1 is 1.32 bits per heavy atom. The molecule has 0 aromatic carbocycles. The number of hydrogen-bond donors (Lipinski definition) is 1. The molecule has 0 atom stereocenters. The van der Waals surface area contributed by atoms with Crippen molar-refractivity contribution in [2.24, 2.45) is 0 Å². The molecule has 0 unspecified atom stereocenters. The van der Waals surface area contributed by atoms with Crippen molar-refractivity contribution in [3.63, 3.8) is 0 Å². The second-order valence-corrected chi connectivity index (χ2v) is 6.49. The molecule has 1 aromatic heterocycles. The van der Waals surface area contributed by atoms with E-state index >= 15 is 0 Å². The van der Waals surface area contributed by atoms with Crippen LogP contribution in [0.5, 0.6) is 0 Å². The van der Waals surface area contributed by atoms with Crippen LogP contribution in [0.25, 0.3) is 0 Å². The highest BCUT2D eigenvalue weighted by Gasteiger charge is 2.20. The van der Waals surface area contributed by atoms with Crippen LogP contribution in [0.3, 0.4) is 0 Å². The van der Waals surface area contributed by atoms with Crippen LogP contribution >= 0.6 is 0 Å². The van der Waals surface area contributed by atoms with Gasteiger partial charge in [-0.05, 0) is 19.4 Å². The number of hydrogen-bond acceptors (Lipinski definition) is 4. The van der Waals surface area contributed by atoms with Crippen molar-refractivity contribution >= 4 is 15.8 Å². The van der Waals surface area contributed by atoms with E-state index in [1.807, 2.05) is 6.92 Å². The molecule has 0 spiro atoms. The first-order valence-corrected chi connectivity index (χ1v) is 8.12. The van der Waals surface area contributed by atoms with Gasteiger partial charge in [-0.25, -0.2) is 17.7 Å². The molecule has 6 heteroatoms. The van der Waals surface area contributed by atoms with Crippen LogP contribution in [-0.2, 0) is 10.0 Å². The minimum absolute atomic E-state index is 0.289. The Balaban J connectivity index is 2.83. The van der Waals surface area contributed by atoms with Crippen LogP contribution in [0, 0.1) is 0 Å². The molecule has 1 heterocycles. The fraction of sp³-hybridized carbons (Fsp3) is 0.615. The first-order valence-electron chi connectivity index (χ1n) is 6.68. The number of nitrogens with zero attached hydrogens (tertiary/aromatic N) is 2. The van der Waals surface area contributed by atoms with Gasteiger partial charge in [0.05, 0.1) is 4.90 Å². The lowest BCUT2D eigenvalue weighted by Crippen LogP contribution is -2.28. The van der Waals surface area contributed by atoms with E-state index < -0.39 is 10.0 Å². The number of nitrogens with one attached hydrogen (secondary N) is 1.